The van der Waals surface area contributed by atoms with Gasteiger partial charge in [-0.25, -0.2) is 4.98 Å². The van der Waals surface area contributed by atoms with Crippen LogP contribution < -0.4 is 16.4 Å². The van der Waals surface area contributed by atoms with E-state index in [1.165, 1.54) is 11.9 Å². The summed E-state index contributed by atoms with van der Waals surface area (Å²) in [4.78, 5) is 17.1. The molecular weight excluding hydrogens is 473 g/mol. The lowest BCUT2D eigenvalue weighted by Crippen LogP contribution is -2.26. The molecule has 1 fully saturated rings. The van der Waals surface area contributed by atoms with E-state index >= 15 is 0 Å². The number of amides is 1. The Balaban J connectivity index is 1.54. The van der Waals surface area contributed by atoms with Crippen molar-refractivity contribution < 1.29 is 4.79 Å². The maximum atomic E-state index is 12.4. The molecule has 1 amide bonds. The van der Waals surface area contributed by atoms with Gasteiger partial charge in [0.2, 0.25) is 0 Å². The van der Waals surface area contributed by atoms with E-state index in [1.807, 2.05) is 36.4 Å². The van der Waals surface area contributed by atoms with Crippen molar-refractivity contribution in [1.82, 2.24) is 24.9 Å². The number of hydrogen-bond donors (Lipinski definition) is 3. The third-order valence-electron chi connectivity index (χ3n) is 6.14. The fraction of sp³-hybridized carbons (Fsp3) is 0.250. The number of rotatable bonds is 6. The minimum atomic E-state index is -0.667. The van der Waals surface area contributed by atoms with E-state index in [1.54, 1.807) is 4.40 Å². The number of nitrogens with zero attached hydrogens (tertiary/aromatic N) is 4. The summed E-state index contributed by atoms with van der Waals surface area (Å²) in [5.41, 5.74) is 8.88. The van der Waals surface area contributed by atoms with Crippen LogP contribution in [0.25, 0.3) is 5.65 Å². The molecule has 4 N–H and O–H groups in total. The molecule has 0 saturated carbocycles. The van der Waals surface area contributed by atoms with Crippen LogP contribution in [-0.4, -0.2) is 38.6 Å². The quantitative estimate of drug-likeness (QED) is 0.367. The van der Waals surface area contributed by atoms with Gasteiger partial charge >= 0.3 is 0 Å². The molecule has 2 aromatic carbocycles. The highest BCUT2D eigenvalue weighted by atomic mass is 35.5. The first kappa shape index (κ1) is 22.6. The maximum Gasteiger partial charge on any atom is 0.256 e. The Morgan fingerprint density at radius 3 is 2.68 bits per heavy atom. The van der Waals surface area contributed by atoms with Crippen molar-refractivity contribution in [2.75, 3.05) is 18.4 Å². The zero-order valence-electron chi connectivity index (χ0n) is 18.3. The van der Waals surface area contributed by atoms with Gasteiger partial charge in [-0.1, -0.05) is 47.5 Å². The smallest absolute Gasteiger partial charge is 0.256 e. The monoisotopic (exact) mass is 495 g/mol. The van der Waals surface area contributed by atoms with Gasteiger partial charge in [-0.3, -0.25) is 9.20 Å². The van der Waals surface area contributed by atoms with E-state index in [4.69, 9.17) is 33.9 Å². The van der Waals surface area contributed by atoms with Gasteiger partial charge in [-0.2, -0.15) is 0 Å². The Kier molecular flexibility index (Phi) is 6.36. The van der Waals surface area contributed by atoms with Crippen LogP contribution in [0.3, 0.4) is 0 Å². The molecule has 174 valence electrons. The SMILES string of the molecule is NC(=O)c1c(Nc2ccc(C3CCNCC3)cc2Cl)nc(Cc2ccccc2Cl)n2cnnc12. The number of carbonyl (C=O) groups excluding carboxylic acids is 1. The average Bonchev–Trinajstić information content (AvgIpc) is 3.32. The van der Waals surface area contributed by atoms with Gasteiger partial charge < -0.3 is 16.4 Å². The van der Waals surface area contributed by atoms with E-state index in [0.717, 1.165) is 31.5 Å². The van der Waals surface area contributed by atoms with Gasteiger partial charge in [0, 0.05) is 11.4 Å². The number of benzene rings is 2. The molecular formula is C24H23Cl2N7O. The minimum Gasteiger partial charge on any atom is -0.365 e. The van der Waals surface area contributed by atoms with Crippen molar-refractivity contribution in [3.05, 3.63) is 81.4 Å². The molecule has 0 aliphatic carbocycles. The van der Waals surface area contributed by atoms with Gasteiger partial charge in [0.25, 0.3) is 5.91 Å². The Hall–Kier alpha value is -3.20. The minimum absolute atomic E-state index is 0.138. The fourth-order valence-electron chi connectivity index (χ4n) is 4.36. The van der Waals surface area contributed by atoms with Crippen molar-refractivity contribution in [2.45, 2.75) is 25.2 Å². The highest BCUT2D eigenvalue weighted by Crippen LogP contribution is 2.33. The van der Waals surface area contributed by atoms with Crippen LogP contribution in [0, 0.1) is 0 Å². The van der Waals surface area contributed by atoms with Gasteiger partial charge in [0.05, 0.1) is 10.7 Å². The van der Waals surface area contributed by atoms with E-state index in [2.05, 4.69) is 26.9 Å². The van der Waals surface area contributed by atoms with Crippen LogP contribution in [-0.2, 0) is 6.42 Å². The van der Waals surface area contributed by atoms with Gasteiger partial charge in [0.1, 0.15) is 23.5 Å². The number of piperidine rings is 1. The number of primary amides is 1. The number of carbonyl (C=O) groups is 1. The molecule has 34 heavy (non-hydrogen) atoms. The molecule has 1 aliphatic rings. The van der Waals surface area contributed by atoms with E-state index in [9.17, 15) is 4.79 Å². The van der Waals surface area contributed by atoms with Crippen LogP contribution in [0.15, 0.2) is 48.8 Å². The van der Waals surface area contributed by atoms with Crippen LogP contribution >= 0.6 is 23.2 Å². The van der Waals surface area contributed by atoms with E-state index in [0.29, 0.717) is 39.5 Å². The third kappa shape index (κ3) is 4.44. The highest BCUT2D eigenvalue weighted by molar-refractivity contribution is 6.33. The normalized spacial score (nSPS) is 14.4. The zero-order valence-corrected chi connectivity index (χ0v) is 19.8. The van der Waals surface area contributed by atoms with Crippen LogP contribution in [0.1, 0.15) is 46.1 Å². The molecule has 0 bridgehead atoms. The second kappa shape index (κ2) is 9.58. The summed E-state index contributed by atoms with van der Waals surface area (Å²) in [5, 5.41) is 15.8. The number of anilines is 2. The average molecular weight is 496 g/mol. The number of nitrogens with one attached hydrogen (secondary N) is 2. The molecule has 1 saturated heterocycles. The summed E-state index contributed by atoms with van der Waals surface area (Å²) >= 11 is 13.0. The van der Waals surface area contributed by atoms with Crippen LogP contribution in [0.4, 0.5) is 11.5 Å². The lowest BCUT2D eigenvalue weighted by atomic mass is 9.90. The molecule has 4 aromatic rings. The highest BCUT2D eigenvalue weighted by Gasteiger charge is 2.22. The molecule has 0 unspecified atom stereocenters. The van der Waals surface area contributed by atoms with E-state index in [-0.39, 0.29) is 11.4 Å². The lowest BCUT2D eigenvalue weighted by molar-refractivity contribution is 0.100. The van der Waals surface area contributed by atoms with Gasteiger partial charge in [0.15, 0.2) is 5.65 Å². The Morgan fingerprint density at radius 2 is 1.94 bits per heavy atom. The lowest BCUT2D eigenvalue weighted by Gasteiger charge is -2.23. The molecule has 2 aromatic heterocycles. The molecule has 10 heteroatoms. The molecule has 0 radical (unpaired) electrons. The maximum absolute atomic E-state index is 12.4. The number of hydrogen-bond acceptors (Lipinski definition) is 6. The fourth-order valence-corrected chi connectivity index (χ4v) is 4.80. The number of halogens is 2. The largest absolute Gasteiger partial charge is 0.365 e. The molecule has 3 heterocycles. The number of fused-ring (bicyclic) bond motifs is 1. The standard InChI is InChI=1S/C24H23Cl2N7O/c25-17-4-2-1-3-16(17)12-20-31-23(21(22(27)34)24-32-29-13-33(20)24)30-19-6-5-15(11-18(19)26)14-7-9-28-10-8-14/h1-6,11,13-14,28,30H,7-10,12H2,(H2,27,34). The van der Waals surface area contributed by atoms with Crippen LogP contribution in [0.5, 0.6) is 0 Å². The summed E-state index contributed by atoms with van der Waals surface area (Å²) < 4.78 is 1.65. The van der Waals surface area contributed by atoms with Crippen molar-refractivity contribution in [1.29, 1.82) is 0 Å². The topological polar surface area (TPSA) is 110 Å². The van der Waals surface area contributed by atoms with Crippen molar-refractivity contribution in [3.63, 3.8) is 0 Å². The first-order valence-electron chi connectivity index (χ1n) is 11.0. The van der Waals surface area contributed by atoms with Gasteiger partial charge in [-0.05, 0) is 61.2 Å². The summed E-state index contributed by atoms with van der Waals surface area (Å²) in [6.07, 6.45) is 4.06. The summed E-state index contributed by atoms with van der Waals surface area (Å²) in [6, 6.07) is 13.5. The molecule has 8 nitrogen and oxygen atoms in total. The Morgan fingerprint density at radius 1 is 1.15 bits per heavy atom. The van der Waals surface area contributed by atoms with Crippen molar-refractivity contribution >= 4 is 46.3 Å². The Labute approximate surface area is 206 Å². The van der Waals surface area contributed by atoms with Crippen LogP contribution in [0.2, 0.25) is 10.0 Å². The summed E-state index contributed by atoms with van der Waals surface area (Å²) in [6.45, 7) is 2.00. The molecule has 5 rings (SSSR count). The zero-order chi connectivity index (χ0) is 23.7. The third-order valence-corrected chi connectivity index (χ3v) is 6.82. The second-order valence-corrected chi connectivity index (χ2v) is 9.11. The predicted molar refractivity (Wildman–Crippen MR) is 133 cm³/mol. The van der Waals surface area contributed by atoms with Crippen molar-refractivity contribution in [2.24, 2.45) is 5.73 Å². The predicted octanol–water partition coefficient (Wildman–Crippen LogP) is 4.33. The first-order valence-corrected chi connectivity index (χ1v) is 11.8. The Bertz CT molecular complexity index is 1360. The summed E-state index contributed by atoms with van der Waals surface area (Å²) in [5.74, 6) is 0.677. The van der Waals surface area contributed by atoms with Crippen molar-refractivity contribution in [3.8, 4) is 0 Å². The number of nitrogens with two attached hydrogens (primary N) is 1. The second-order valence-electron chi connectivity index (χ2n) is 8.30. The molecule has 1 aliphatic heterocycles. The molecule has 0 atom stereocenters. The molecule has 0 spiro atoms. The first-order chi connectivity index (χ1) is 16.5. The summed E-state index contributed by atoms with van der Waals surface area (Å²) in [7, 11) is 0. The van der Waals surface area contributed by atoms with E-state index < -0.39 is 5.91 Å². The van der Waals surface area contributed by atoms with Gasteiger partial charge in [-0.15, -0.1) is 10.2 Å². The number of aromatic nitrogens is 4.